The minimum Gasteiger partial charge on any atom is -0.475 e. The summed E-state index contributed by atoms with van der Waals surface area (Å²) in [7, 11) is 8.77. The molecule has 0 aliphatic heterocycles. The fraction of sp³-hybridized carbons (Fsp3) is 0.872. The SMILES string of the molecule is CCC1(OC(=O)CC(=O)C(=O)O)CC2=CCC3C(CC[C@@]4(C)C3CC[C@@H]4[C@H](C)CCCC(C)C)[C@@]2(C)CC1N(C)CC[N+](C)(C)C. The van der Waals surface area contributed by atoms with Crippen LogP contribution in [0.25, 0.3) is 0 Å². The molecular formula is C39H67N2O5+. The summed E-state index contributed by atoms with van der Waals surface area (Å²) in [5.74, 6) is 1.07. The third-order valence-corrected chi connectivity index (χ3v) is 13.7. The second kappa shape index (κ2) is 14.0. The largest absolute Gasteiger partial charge is 0.475 e. The maximum atomic E-state index is 13.1. The highest BCUT2D eigenvalue weighted by Crippen LogP contribution is 2.68. The summed E-state index contributed by atoms with van der Waals surface area (Å²) in [6, 6.07) is -0.0144. The number of ketones is 1. The maximum absolute atomic E-state index is 13.1. The molecule has 4 aliphatic rings. The normalized spacial score (nSPS) is 36.4. The molecule has 0 bridgehead atoms. The molecule has 0 aromatic rings. The van der Waals surface area contributed by atoms with Gasteiger partial charge in [0.05, 0.1) is 33.7 Å². The Hall–Kier alpha value is -1.73. The molecule has 0 aromatic heterocycles. The summed E-state index contributed by atoms with van der Waals surface area (Å²) in [5, 5.41) is 9.15. The first-order valence-electron chi connectivity index (χ1n) is 18.5. The van der Waals surface area contributed by atoms with Gasteiger partial charge in [-0.05, 0) is 98.3 Å². The highest BCUT2D eigenvalue weighted by atomic mass is 16.6. The van der Waals surface area contributed by atoms with Gasteiger partial charge in [-0.3, -0.25) is 14.5 Å². The van der Waals surface area contributed by atoms with Gasteiger partial charge in [-0.15, -0.1) is 0 Å². The van der Waals surface area contributed by atoms with Crippen molar-refractivity contribution < 1.29 is 28.7 Å². The number of carboxylic acids is 1. The third-order valence-electron chi connectivity index (χ3n) is 13.7. The van der Waals surface area contributed by atoms with Gasteiger partial charge in [-0.25, -0.2) is 4.79 Å². The lowest BCUT2D eigenvalue weighted by molar-refractivity contribution is -0.869. The second-order valence-electron chi connectivity index (χ2n) is 18.0. The van der Waals surface area contributed by atoms with Crippen LogP contribution in [0.3, 0.4) is 0 Å². The van der Waals surface area contributed by atoms with Gasteiger partial charge in [-0.2, -0.15) is 0 Å². The van der Waals surface area contributed by atoms with Crippen molar-refractivity contribution in [2.75, 3.05) is 41.3 Å². The van der Waals surface area contributed by atoms with E-state index in [1.165, 1.54) is 50.5 Å². The van der Waals surface area contributed by atoms with E-state index in [4.69, 9.17) is 9.84 Å². The number of hydrogen-bond donors (Lipinski definition) is 1. The number of rotatable bonds is 14. The Morgan fingerprint density at radius 2 is 1.76 bits per heavy atom. The Morgan fingerprint density at radius 1 is 1.07 bits per heavy atom. The number of fused-ring (bicyclic) bond motifs is 5. The van der Waals surface area contributed by atoms with Gasteiger partial charge in [-0.1, -0.05) is 72.5 Å². The van der Waals surface area contributed by atoms with E-state index in [2.05, 4.69) is 80.7 Å². The standard InChI is InChI=1S/C39H66N2O5/c1-11-39(46-35(43)23-33(42)36(44)45)24-28-15-16-29-31-18-17-30(27(4)14-12-13-26(2)3)37(31,5)20-19-32(29)38(28,6)25-34(39)40(7)21-22-41(8,9)10/h15,26-27,29-32,34H,11-14,16-25H2,1-10H3/p+1/t27-,29?,30-,31?,32?,34?,37-,38+,39?/m1/s1. The number of hydrogen-bond acceptors (Lipinski definition) is 5. The maximum Gasteiger partial charge on any atom is 0.372 e. The van der Waals surface area contributed by atoms with E-state index in [0.717, 1.165) is 54.1 Å². The quantitative estimate of drug-likeness (QED) is 0.0699. The fourth-order valence-electron chi connectivity index (χ4n) is 10.9. The zero-order valence-electron chi connectivity index (χ0n) is 31.0. The van der Waals surface area contributed by atoms with Gasteiger partial charge in [0.15, 0.2) is 0 Å². The lowest BCUT2D eigenvalue weighted by Gasteiger charge is -2.62. The van der Waals surface area contributed by atoms with Crippen LogP contribution in [-0.2, 0) is 19.1 Å². The van der Waals surface area contributed by atoms with Crippen LogP contribution in [0.2, 0.25) is 0 Å². The number of aliphatic carboxylic acids is 1. The molecule has 5 unspecified atom stereocenters. The number of carbonyl (C=O) groups is 3. The zero-order chi connectivity index (χ0) is 34.2. The van der Waals surface area contributed by atoms with Gasteiger partial charge >= 0.3 is 11.9 Å². The minimum atomic E-state index is -1.58. The molecule has 0 saturated heterocycles. The number of allylic oxidation sites excluding steroid dienone is 1. The molecule has 0 radical (unpaired) electrons. The van der Waals surface area contributed by atoms with Crippen molar-refractivity contribution >= 4 is 17.7 Å². The summed E-state index contributed by atoms with van der Waals surface area (Å²) in [6.45, 7) is 16.3. The van der Waals surface area contributed by atoms with Crippen LogP contribution < -0.4 is 0 Å². The summed E-state index contributed by atoms with van der Waals surface area (Å²) in [5.41, 5.74) is 1.09. The molecule has 0 aromatic carbocycles. The number of ether oxygens (including phenoxy) is 1. The van der Waals surface area contributed by atoms with Gasteiger partial charge < -0.3 is 14.3 Å². The molecule has 9 atom stereocenters. The van der Waals surface area contributed by atoms with Gasteiger partial charge in [0, 0.05) is 13.0 Å². The average molecular weight is 644 g/mol. The lowest BCUT2D eigenvalue weighted by atomic mass is 9.45. The first kappa shape index (κ1) is 37.1. The van der Waals surface area contributed by atoms with E-state index in [-0.39, 0.29) is 11.5 Å². The minimum absolute atomic E-state index is 0.0144. The Morgan fingerprint density at radius 3 is 2.37 bits per heavy atom. The van der Waals surface area contributed by atoms with E-state index in [1.807, 2.05) is 0 Å². The Bertz CT molecular complexity index is 1160. The first-order chi connectivity index (χ1) is 21.4. The monoisotopic (exact) mass is 644 g/mol. The van der Waals surface area contributed by atoms with Crippen molar-refractivity contribution in [3.05, 3.63) is 11.6 Å². The molecule has 0 heterocycles. The number of likely N-dealkylation sites (N-methyl/N-ethyl adjacent to an activating group) is 2. The molecule has 4 aliphatic carbocycles. The predicted octanol–water partition coefficient (Wildman–Crippen LogP) is 7.38. The van der Waals surface area contributed by atoms with Crippen molar-refractivity contribution in [1.29, 1.82) is 0 Å². The van der Waals surface area contributed by atoms with Gasteiger partial charge in [0.2, 0.25) is 0 Å². The average Bonchev–Trinajstić information content (AvgIpc) is 3.32. The summed E-state index contributed by atoms with van der Waals surface area (Å²) in [6.07, 6.45) is 14.5. The molecule has 46 heavy (non-hydrogen) atoms. The third kappa shape index (κ3) is 7.46. The van der Waals surface area contributed by atoms with E-state index in [9.17, 15) is 14.4 Å². The molecule has 7 nitrogen and oxygen atoms in total. The van der Waals surface area contributed by atoms with Crippen LogP contribution in [0, 0.1) is 46.3 Å². The van der Waals surface area contributed by atoms with Crippen molar-refractivity contribution in [2.24, 2.45) is 46.3 Å². The first-order valence-corrected chi connectivity index (χ1v) is 18.5. The molecule has 1 N–H and O–H groups in total. The number of carboxylic acid groups (broad SMARTS) is 1. The number of Topliss-reactive ketones (excluding diaryl/α,β-unsaturated/α-hetero) is 1. The highest BCUT2D eigenvalue weighted by Gasteiger charge is 2.62. The predicted molar refractivity (Wildman–Crippen MR) is 184 cm³/mol. The second-order valence-corrected chi connectivity index (χ2v) is 18.0. The summed E-state index contributed by atoms with van der Waals surface area (Å²) in [4.78, 5) is 38.8. The van der Waals surface area contributed by atoms with Crippen molar-refractivity contribution in [3.8, 4) is 0 Å². The summed E-state index contributed by atoms with van der Waals surface area (Å²) < 4.78 is 7.15. The molecule has 4 rings (SSSR count). The number of esters is 1. The van der Waals surface area contributed by atoms with Crippen LogP contribution in [0.15, 0.2) is 11.6 Å². The Labute approximate surface area is 280 Å². The lowest BCUT2D eigenvalue weighted by Crippen LogP contribution is -2.63. The van der Waals surface area contributed by atoms with Crippen LogP contribution in [-0.4, -0.2) is 85.1 Å². The topological polar surface area (TPSA) is 83.9 Å². The molecule has 0 amide bonds. The van der Waals surface area contributed by atoms with E-state index >= 15 is 0 Å². The van der Waals surface area contributed by atoms with E-state index in [0.29, 0.717) is 30.1 Å². The van der Waals surface area contributed by atoms with E-state index in [1.54, 1.807) is 0 Å². The number of quaternary nitrogens is 1. The van der Waals surface area contributed by atoms with E-state index < -0.39 is 29.7 Å². The molecule has 3 saturated carbocycles. The van der Waals surface area contributed by atoms with Gasteiger partial charge in [0.25, 0.3) is 5.78 Å². The van der Waals surface area contributed by atoms with Crippen LogP contribution in [0.1, 0.15) is 119 Å². The molecule has 262 valence electrons. The van der Waals surface area contributed by atoms with Crippen LogP contribution in [0.5, 0.6) is 0 Å². The smallest absolute Gasteiger partial charge is 0.372 e. The fourth-order valence-corrected chi connectivity index (χ4v) is 10.9. The number of carbonyl (C=O) groups excluding carboxylic acids is 2. The Balaban J connectivity index is 1.62. The molecule has 3 fully saturated rings. The molecule has 7 heteroatoms. The van der Waals surface area contributed by atoms with Crippen molar-refractivity contribution in [2.45, 2.75) is 130 Å². The molecular weight excluding hydrogens is 576 g/mol. The van der Waals surface area contributed by atoms with Crippen molar-refractivity contribution in [3.63, 3.8) is 0 Å². The van der Waals surface area contributed by atoms with Crippen LogP contribution >= 0.6 is 0 Å². The molecule has 0 spiro atoms. The summed E-state index contributed by atoms with van der Waals surface area (Å²) >= 11 is 0. The zero-order valence-corrected chi connectivity index (χ0v) is 31.0. The van der Waals surface area contributed by atoms with Crippen molar-refractivity contribution in [1.82, 2.24) is 4.90 Å². The number of nitrogens with zero attached hydrogens (tertiary/aromatic N) is 2. The van der Waals surface area contributed by atoms with Gasteiger partial charge in [0.1, 0.15) is 12.0 Å². The highest BCUT2D eigenvalue weighted by molar-refractivity contribution is 6.35. The Kier molecular flexibility index (Phi) is 11.3. The van der Waals surface area contributed by atoms with Crippen LogP contribution in [0.4, 0.5) is 0 Å².